The second-order valence-electron chi connectivity index (χ2n) is 5.96. The maximum absolute atomic E-state index is 12.4. The lowest BCUT2D eigenvalue weighted by atomic mass is 10.2. The van der Waals surface area contributed by atoms with Gasteiger partial charge in [0.05, 0.1) is 16.3 Å². The van der Waals surface area contributed by atoms with Gasteiger partial charge in [0.2, 0.25) is 0 Å². The molecular weight excluding hydrogens is 370 g/mol. The van der Waals surface area contributed by atoms with Crippen molar-refractivity contribution < 1.29 is 9.53 Å². The number of nitrogens with one attached hydrogen (secondary N) is 1. The number of ether oxygens (including phenoxy) is 1. The highest BCUT2D eigenvalue weighted by Gasteiger charge is 2.13. The van der Waals surface area contributed by atoms with E-state index in [1.54, 1.807) is 10.7 Å². The lowest BCUT2D eigenvalue weighted by Crippen LogP contribution is -2.10. The normalized spacial score (nSPS) is 10.8. The summed E-state index contributed by atoms with van der Waals surface area (Å²) in [6, 6.07) is 7.37. The van der Waals surface area contributed by atoms with Crippen LogP contribution in [0.3, 0.4) is 0 Å². The number of hydrogen-bond donors (Lipinski definition) is 1. The summed E-state index contributed by atoms with van der Waals surface area (Å²) in [4.78, 5) is 13.1. The molecule has 5 nitrogen and oxygen atoms in total. The standard InChI is InChI=1S/C19H20ClN3O2S/c1-4-23-9-16(13(3)22-23)21-19(24)18-8-14(11-26-18)10-25-17-6-5-15(20)7-12(17)2/h5-9,11H,4,10H2,1-3H3,(H,21,24). The van der Waals surface area contributed by atoms with Crippen LogP contribution in [0.25, 0.3) is 0 Å². The van der Waals surface area contributed by atoms with Gasteiger partial charge >= 0.3 is 0 Å². The van der Waals surface area contributed by atoms with Gasteiger partial charge in [-0.15, -0.1) is 11.3 Å². The number of amides is 1. The van der Waals surface area contributed by atoms with Crippen molar-refractivity contribution in [2.24, 2.45) is 0 Å². The van der Waals surface area contributed by atoms with Gasteiger partial charge in [-0.1, -0.05) is 11.6 Å². The Labute approximate surface area is 161 Å². The molecule has 0 atom stereocenters. The highest BCUT2D eigenvalue weighted by atomic mass is 35.5. The highest BCUT2D eigenvalue weighted by Crippen LogP contribution is 2.24. The van der Waals surface area contributed by atoms with Crippen molar-refractivity contribution in [3.05, 3.63) is 62.6 Å². The largest absolute Gasteiger partial charge is 0.489 e. The fourth-order valence-corrected chi connectivity index (χ4v) is 3.51. The van der Waals surface area contributed by atoms with Crippen molar-refractivity contribution in [3.8, 4) is 5.75 Å². The lowest BCUT2D eigenvalue weighted by Gasteiger charge is -2.08. The third-order valence-electron chi connectivity index (χ3n) is 3.93. The first-order chi connectivity index (χ1) is 12.5. The zero-order chi connectivity index (χ0) is 18.7. The molecule has 2 aromatic heterocycles. The third-order valence-corrected chi connectivity index (χ3v) is 5.14. The number of thiophene rings is 1. The second kappa shape index (κ2) is 7.93. The van der Waals surface area contributed by atoms with Crippen molar-refractivity contribution in [2.45, 2.75) is 33.9 Å². The highest BCUT2D eigenvalue weighted by molar-refractivity contribution is 7.12. The number of rotatable bonds is 6. The first-order valence-corrected chi connectivity index (χ1v) is 9.53. The third kappa shape index (κ3) is 4.26. The van der Waals surface area contributed by atoms with E-state index < -0.39 is 0 Å². The number of carbonyl (C=O) groups is 1. The number of benzene rings is 1. The van der Waals surface area contributed by atoms with Gasteiger partial charge in [-0.25, -0.2) is 0 Å². The van der Waals surface area contributed by atoms with Crippen LogP contribution in [-0.2, 0) is 13.2 Å². The van der Waals surface area contributed by atoms with Crippen LogP contribution >= 0.6 is 22.9 Å². The molecule has 0 spiro atoms. The molecule has 136 valence electrons. The van der Waals surface area contributed by atoms with Crippen molar-refractivity contribution in [1.29, 1.82) is 0 Å². The van der Waals surface area contributed by atoms with Crippen LogP contribution in [0.15, 0.2) is 35.8 Å². The van der Waals surface area contributed by atoms with Crippen LogP contribution in [0.1, 0.15) is 33.4 Å². The summed E-state index contributed by atoms with van der Waals surface area (Å²) in [5.74, 6) is 0.650. The summed E-state index contributed by atoms with van der Waals surface area (Å²) in [5, 5.41) is 9.87. The van der Waals surface area contributed by atoms with Crippen LogP contribution in [0, 0.1) is 13.8 Å². The first-order valence-electron chi connectivity index (χ1n) is 8.28. The Morgan fingerprint density at radius 1 is 1.35 bits per heavy atom. The Kier molecular flexibility index (Phi) is 5.64. The molecule has 1 N–H and O–H groups in total. The number of aromatic nitrogens is 2. The van der Waals surface area contributed by atoms with Gasteiger partial charge in [0, 0.05) is 23.3 Å². The van der Waals surface area contributed by atoms with Crippen LogP contribution in [0.2, 0.25) is 5.02 Å². The number of nitrogens with zero attached hydrogens (tertiary/aromatic N) is 2. The maximum Gasteiger partial charge on any atom is 0.265 e. The molecule has 1 aromatic carbocycles. The van der Waals surface area contributed by atoms with E-state index in [1.165, 1.54) is 11.3 Å². The Hall–Kier alpha value is -2.31. The van der Waals surface area contributed by atoms with E-state index in [0.717, 1.165) is 34.8 Å². The number of aryl methyl sites for hydroxylation is 3. The van der Waals surface area contributed by atoms with Gasteiger partial charge in [0.25, 0.3) is 5.91 Å². The van der Waals surface area contributed by atoms with E-state index in [2.05, 4.69) is 10.4 Å². The fraction of sp³-hybridized carbons (Fsp3) is 0.263. The number of halogens is 1. The molecule has 0 bridgehead atoms. The molecule has 26 heavy (non-hydrogen) atoms. The van der Waals surface area contributed by atoms with Gasteiger partial charge in [0.1, 0.15) is 12.4 Å². The summed E-state index contributed by atoms with van der Waals surface area (Å²) >= 11 is 7.35. The Morgan fingerprint density at radius 2 is 2.15 bits per heavy atom. The summed E-state index contributed by atoms with van der Waals surface area (Å²) in [6.07, 6.45) is 1.84. The molecular formula is C19H20ClN3O2S. The molecule has 7 heteroatoms. The molecule has 0 aliphatic heterocycles. The van der Waals surface area contributed by atoms with Gasteiger partial charge in [-0.2, -0.15) is 5.10 Å². The number of hydrogen-bond acceptors (Lipinski definition) is 4. The second-order valence-corrected chi connectivity index (χ2v) is 7.30. The van der Waals surface area contributed by atoms with Crippen LogP contribution in [-0.4, -0.2) is 15.7 Å². The average molecular weight is 390 g/mol. The summed E-state index contributed by atoms with van der Waals surface area (Å²) in [7, 11) is 0. The number of anilines is 1. The Balaban J connectivity index is 1.63. The minimum absolute atomic E-state index is 0.136. The van der Waals surface area contributed by atoms with Crippen LogP contribution < -0.4 is 10.1 Å². The van der Waals surface area contributed by atoms with Crippen LogP contribution in [0.5, 0.6) is 5.75 Å². The Bertz CT molecular complexity index is 933. The predicted molar refractivity (Wildman–Crippen MR) is 105 cm³/mol. The minimum Gasteiger partial charge on any atom is -0.489 e. The molecule has 0 aliphatic carbocycles. The molecule has 0 aliphatic rings. The van der Waals surface area contributed by atoms with Crippen molar-refractivity contribution >= 4 is 34.5 Å². The SMILES string of the molecule is CCn1cc(NC(=O)c2cc(COc3ccc(Cl)cc3C)cs2)c(C)n1. The summed E-state index contributed by atoms with van der Waals surface area (Å²) in [5.41, 5.74) is 3.47. The topological polar surface area (TPSA) is 56.2 Å². The fourth-order valence-electron chi connectivity index (χ4n) is 2.49. The maximum atomic E-state index is 12.4. The van der Waals surface area contributed by atoms with Gasteiger partial charge in [-0.3, -0.25) is 9.48 Å². The van der Waals surface area contributed by atoms with Crippen molar-refractivity contribution in [1.82, 2.24) is 9.78 Å². The van der Waals surface area contributed by atoms with E-state index in [4.69, 9.17) is 16.3 Å². The zero-order valence-corrected chi connectivity index (χ0v) is 16.4. The molecule has 0 saturated carbocycles. The molecule has 3 aromatic rings. The zero-order valence-electron chi connectivity index (χ0n) is 14.9. The van der Waals surface area contributed by atoms with Crippen molar-refractivity contribution in [2.75, 3.05) is 5.32 Å². The molecule has 3 rings (SSSR count). The molecule has 0 radical (unpaired) electrons. The Morgan fingerprint density at radius 3 is 2.85 bits per heavy atom. The molecule has 0 unspecified atom stereocenters. The van der Waals surface area contributed by atoms with E-state index in [0.29, 0.717) is 16.5 Å². The van der Waals surface area contributed by atoms with E-state index in [1.807, 2.05) is 50.5 Å². The average Bonchev–Trinajstić information content (AvgIpc) is 3.21. The van der Waals surface area contributed by atoms with Crippen molar-refractivity contribution in [3.63, 3.8) is 0 Å². The van der Waals surface area contributed by atoms with Gasteiger partial charge in [0.15, 0.2) is 0 Å². The molecule has 0 saturated heterocycles. The van der Waals surface area contributed by atoms with E-state index >= 15 is 0 Å². The molecule has 2 heterocycles. The van der Waals surface area contributed by atoms with Gasteiger partial charge < -0.3 is 10.1 Å². The summed E-state index contributed by atoms with van der Waals surface area (Å²) in [6.45, 7) is 7.00. The first kappa shape index (κ1) is 18.5. The lowest BCUT2D eigenvalue weighted by molar-refractivity contribution is 0.103. The quantitative estimate of drug-likeness (QED) is 0.640. The van der Waals surface area contributed by atoms with Crippen LogP contribution in [0.4, 0.5) is 5.69 Å². The van der Waals surface area contributed by atoms with Gasteiger partial charge in [-0.05, 0) is 56.0 Å². The summed E-state index contributed by atoms with van der Waals surface area (Å²) < 4.78 is 7.63. The smallest absolute Gasteiger partial charge is 0.265 e. The monoisotopic (exact) mass is 389 g/mol. The molecule has 0 fully saturated rings. The van der Waals surface area contributed by atoms with E-state index in [-0.39, 0.29) is 5.91 Å². The van der Waals surface area contributed by atoms with E-state index in [9.17, 15) is 4.79 Å². The number of carbonyl (C=O) groups excluding carboxylic acids is 1. The molecule has 1 amide bonds. The minimum atomic E-state index is -0.136. The predicted octanol–water partition coefficient (Wildman–Crippen LogP) is 5.07.